The van der Waals surface area contributed by atoms with Crippen LogP contribution in [0.15, 0.2) is 30.3 Å². The molecule has 1 aromatic rings. The van der Waals surface area contributed by atoms with E-state index in [9.17, 15) is 9.59 Å². The molecule has 1 N–H and O–H groups in total. The molecule has 3 saturated heterocycles. The summed E-state index contributed by atoms with van der Waals surface area (Å²) >= 11 is 0. The van der Waals surface area contributed by atoms with Crippen molar-refractivity contribution < 1.29 is 24.0 Å². The van der Waals surface area contributed by atoms with Gasteiger partial charge in [-0.05, 0) is 50.5 Å². The number of hydrogen-bond donors (Lipinski definition) is 1. The highest BCUT2D eigenvalue weighted by atomic mass is 16.6. The lowest BCUT2D eigenvalue weighted by Gasteiger charge is -2.41. The van der Waals surface area contributed by atoms with Crippen LogP contribution in [0.4, 0.5) is 4.79 Å². The Morgan fingerprint density at radius 3 is 2.66 bits per heavy atom. The Labute approximate surface area is 173 Å². The third kappa shape index (κ3) is 4.92. The maximum absolute atomic E-state index is 12.8. The van der Waals surface area contributed by atoms with Gasteiger partial charge in [-0.15, -0.1) is 0 Å². The minimum atomic E-state index is -0.503. The van der Waals surface area contributed by atoms with Crippen molar-refractivity contribution in [3.05, 3.63) is 35.9 Å². The van der Waals surface area contributed by atoms with E-state index < -0.39 is 12.1 Å². The van der Waals surface area contributed by atoms with Crippen molar-refractivity contribution in [3.63, 3.8) is 0 Å². The van der Waals surface area contributed by atoms with E-state index in [2.05, 4.69) is 0 Å². The van der Waals surface area contributed by atoms with E-state index in [1.54, 1.807) is 9.80 Å². The van der Waals surface area contributed by atoms with Crippen LogP contribution in [0, 0.1) is 5.92 Å². The van der Waals surface area contributed by atoms with Gasteiger partial charge in [-0.25, -0.2) is 9.59 Å². The first-order valence-corrected chi connectivity index (χ1v) is 11.2. The Hall–Kier alpha value is -2.08. The molecule has 1 amide bonds. The zero-order valence-corrected chi connectivity index (χ0v) is 17.2. The average molecular weight is 402 g/mol. The first-order valence-electron chi connectivity index (χ1n) is 11.2. The Bertz CT molecular complexity index is 693. The van der Waals surface area contributed by atoms with Gasteiger partial charge in [-0.2, -0.15) is 0 Å². The van der Waals surface area contributed by atoms with Gasteiger partial charge in [0.15, 0.2) is 0 Å². The number of quaternary nitrogens is 1. The second kappa shape index (κ2) is 9.61. The number of benzene rings is 1. The number of esters is 1. The highest BCUT2D eigenvalue weighted by molar-refractivity contribution is 5.82. The number of nitrogens with zero attached hydrogens (tertiary/aromatic N) is 1. The van der Waals surface area contributed by atoms with E-state index in [4.69, 9.17) is 9.47 Å². The number of piperidine rings is 2. The fourth-order valence-electron chi connectivity index (χ4n) is 5.30. The molecule has 6 heteroatoms. The van der Waals surface area contributed by atoms with Crippen LogP contribution in [0.3, 0.4) is 0 Å². The fourth-order valence-corrected chi connectivity index (χ4v) is 5.30. The van der Waals surface area contributed by atoms with Crippen molar-refractivity contribution in [3.8, 4) is 0 Å². The van der Waals surface area contributed by atoms with E-state index in [1.807, 2.05) is 30.3 Å². The van der Waals surface area contributed by atoms with Crippen LogP contribution < -0.4 is 4.90 Å². The summed E-state index contributed by atoms with van der Waals surface area (Å²) in [5, 5.41) is 0. The van der Waals surface area contributed by atoms with Crippen LogP contribution in [0.1, 0.15) is 50.5 Å². The number of carbonyl (C=O) groups is 2. The molecule has 0 spiro atoms. The van der Waals surface area contributed by atoms with Gasteiger partial charge in [0.1, 0.15) is 12.6 Å². The molecule has 4 atom stereocenters. The summed E-state index contributed by atoms with van der Waals surface area (Å²) in [5.74, 6) is 0.199. The summed E-state index contributed by atoms with van der Waals surface area (Å²) in [7, 11) is 0. The molecule has 3 aliphatic heterocycles. The number of amides is 1. The van der Waals surface area contributed by atoms with Gasteiger partial charge < -0.3 is 14.4 Å². The van der Waals surface area contributed by atoms with Crippen molar-refractivity contribution in [2.24, 2.45) is 5.92 Å². The van der Waals surface area contributed by atoms with E-state index in [0.717, 1.165) is 18.4 Å². The predicted octanol–water partition coefficient (Wildman–Crippen LogP) is 2.18. The number of hydrogen-bond acceptors (Lipinski definition) is 4. The highest BCUT2D eigenvalue weighted by Crippen LogP contribution is 2.23. The third-order valence-electron chi connectivity index (χ3n) is 6.83. The Balaban J connectivity index is 1.27. The second-order valence-electron chi connectivity index (χ2n) is 8.68. The molecule has 0 bridgehead atoms. The molecule has 3 fully saturated rings. The van der Waals surface area contributed by atoms with Crippen LogP contribution in [-0.2, 0) is 20.9 Å². The highest BCUT2D eigenvalue weighted by Gasteiger charge is 2.39. The largest absolute Gasteiger partial charge is 0.464 e. The fraction of sp³-hybridized carbons (Fsp3) is 0.652. The number of carbonyl (C=O) groups excluding carboxylic acids is 2. The second-order valence-corrected chi connectivity index (χ2v) is 8.68. The van der Waals surface area contributed by atoms with Gasteiger partial charge in [0.25, 0.3) is 0 Å². The molecule has 158 valence electrons. The maximum atomic E-state index is 12.8. The number of likely N-dealkylation sites (tertiary alicyclic amines) is 1. The van der Waals surface area contributed by atoms with Gasteiger partial charge in [-0.3, -0.25) is 4.90 Å². The van der Waals surface area contributed by atoms with Crippen molar-refractivity contribution >= 4 is 12.1 Å². The van der Waals surface area contributed by atoms with Crippen molar-refractivity contribution in [1.82, 2.24) is 4.90 Å². The van der Waals surface area contributed by atoms with Crippen molar-refractivity contribution in [1.29, 1.82) is 0 Å². The van der Waals surface area contributed by atoms with Crippen LogP contribution >= 0.6 is 0 Å². The van der Waals surface area contributed by atoms with Gasteiger partial charge in [0.05, 0.1) is 25.7 Å². The molecule has 0 saturated carbocycles. The molecule has 0 aliphatic carbocycles. The summed E-state index contributed by atoms with van der Waals surface area (Å²) in [5.41, 5.74) is 0.941. The minimum absolute atomic E-state index is 0.223. The predicted molar refractivity (Wildman–Crippen MR) is 108 cm³/mol. The number of ether oxygens (including phenoxy) is 2. The molecule has 1 aromatic carbocycles. The SMILES string of the molecule is O=C(OC[C@H]1CCC[NH+]2CCCC[C@@H]12)[C@@H]1CCCN1C(=O)OCc1ccccc1. The van der Waals surface area contributed by atoms with E-state index >= 15 is 0 Å². The van der Waals surface area contributed by atoms with Crippen LogP contribution in [0.2, 0.25) is 0 Å². The zero-order chi connectivity index (χ0) is 20.1. The third-order valence-corrected chi connectivity index (χ3v) is 6.83. The van der Waals surface area contributed by atoms with E-state index in [1.165, 1.54) is 38.8 Å². The topological polar surface area (TPSA) is 60.3 Å². The quantitative estimate of drug-likeness (QED) is 0.769. The molecule has 1 unspecified atom stereocenters. The smallest absolute Gasteiger partial charge is 0.410 e. The number of nitrogens with one attached hydrogen (secondary N) is 1. The van der Waals surface area contributed by atoms with Gasteiger partial charge in [-0.1, -0.05) is 30.3 Å². The molecule has 3 aliphatic rings. The minimum Gasteiger partial charge on any atom is -0.464 e. The summed E-state index contributed by atoms with van der Waals surface area (Å²) in [6, 6.07) is 9.74. The first kappa shape index (κ1) is 20.2. The zero-order valence-electron chi connectivity index (χ0n) is 17.2. The lowest BCUT2D eigenvalue weighted by molar-refractivity contribution is -0.940. The van der Waals surface area contributed by atoms with Crippen LogP contribution in [0.5, 0.6) is 0 Å². The summed E-state index contributed by atoms with van der Waals surface area (Å²) in [4.78, 5) is 28.5. The van der Waals surface area contributed by atoms with E-state index in [0.29, 0.717) is 31.5 Å². The number of fused-ring (bicyclic) bond motifs is 1. The monoisotopic (exact) mass is 401 g/mol. The van der Waals surface area contributed by atoms with Crippen LogP contribution in [0.25, 0.3) is 0 Å². The first-order chi connectivity index (χ1) is 14.2. The number of rotatable bonds is 5. The normalized spacial score (nSPS) is 29.2. The summed E-state index contributed by atoms with van der Waals surface area (Å²) in [6.07, 6.45) is 7.27. The molecule has 0 radical (unpaired) electrons. The molecule has 6 nitrogen and oxygen atoms in total. The van der Waals surface area contributed by atoms with Crippen molar-refractivity contribution in [2.45, 2.75) is 63.6 Å². The lowest BCUT2D eigenvalue weighted by Crippen LogP contribution is -3.18. The van der Waals surface area contributed by atoms with Gasteiger partial charge in [0.2, 0.25) is 0 Å². The average Bonchev–Trinajstić information content (AvgIpc) is 3.27. The van der Waals surface area contributed by atoms with E-state index in [-0.39, 0.29) is 12.6 Å². The standard InChI is InChI=1S/C23H32N2O4/c26-22(28-17-19-10-6-14-24-13-5-4-11-20(19)24)21-12-7-15-25(21)23(27)29-16-18-8-2-1-3-9-18/h1-3,8-9,19-21H,4-7,10-17H2/p+1/t19-,20+,21+/m1/s1. The van der Waals surface area contributed by atoms with Gasteiger partial charge in [0, 0.05) is 12.5 Å². The summed E-state index contributed by atoms with van der Waals surface area (Å²) < 4.78 is 11.2. The Morgan fingerprint density at radius 2 is 1.79 bits per heavy atom. The summed E-state index contributed by atoms with van der Waals surface area (Å²) in [6.45, 7) is 3.80. The molecule has 29 heavy (non-hydrogen) atoms. The molecule has 4 rings (SSSR count). The maximum Gasteiger partial charge on any atom is 0.410 e. The lowest BCUT2D eigenvalue weighted by atomic mass is 9.84. The molecule has 3 heterocycles. The van der Waals surface area contributed by atoms with Crippen molar-refractivity contribution in [2.75, 3.05) is 26.2 Å². The molecular weight excluding hydrogens is 368 g/mol. The Kier molecular flexibility index (Phi) is 6.70. The molecular formula is C23H33N2O4+. The molecule has 0 aromatic heterocycles. The Morgan fingerprint density at radius 1 is 0.966 bits per heavy atom. The van der Waals surface area contributed by atoms with Crippen LogP contribution in [-0.4, -0.2) is 55.3 Å². The van der Waals surface area contributed by atoms with Gasteiger partial charge >= 0.3 is 12.1 Å².